The predicted octanol–water partition coefficient (Wildman–Crippen LogP) is 3.71. The van der Waals surface area contributed by atoms with Gasteiger partial charge in [-0.2, -0.15) is 0 Å². The van der Waals surface area contributed by atoms with Crippen LogP contribution in [0.4, 0.5) is 0 Å². The Morgan fingerprint density at radius 2 is 1.83 bits per heavy atom. The molecule has 0 fully saturated rings. The number of carbonyl (C=O) groups excluding carboxylic acids is 1. The Morgan fingerprint density at radius 1 is 1.12 bits per heavy atom. The predicted molar refractivity (Wildman–Crippen MR) is 93.5 cm³/mol. The first-order valence-electron chi connectivity index (χ1n) is 8.09. The fraction of sp³-hybridized carbons (Fsp3) is 0.368. The summed E-state index contributed by atoms with van der Waals surface area (Å²) in [6.07, 6.45) is 4.33. The minimum Gasteiger partial charge on any atom is -0.497 e. The van der Waals surface area contributed by atoms with E-state index in [1.807, 2.05) is 24.0 Å². The third-order valence-corrected chi connectivity index (χ3v) is 4.09. The standard InChI is InChI=1S/C19H24N2O3/c1-5-17(14-9-11-20-12-10-14)21(6-2)19(22)16-8-7-15(23-3)13-18(16)24-4/h7-13,17H,5-6H2,1-4H3/t17-/m1/s1. The number of nitrogens with zero attached hydrogens (tertiary/aromatic N) is 2. The monoisotopic (exact) mass is 328 g/mol. The molecule has 2 aromatic rings. The normalized spacial score (nSPS) is 11.7. The lowest BCUT2D eigenvalue weighted by atomic mass is 10.0. The number of ether oxygens (including phenoxy) is 2. The van der Waals surface area contributed by atoms with Gasteiger partial charge in [0.1, 0.15) is 11.5 Å². The topological polar surface area (TPSA) is 51.7 Å². The van der Waals surface area contributed by atoms with Gasteiger partial charge >= 0.3 is 0 Å². The van der Waals surface area contributed by atoms with Gasteiger partial charge in [-0.05, 0) is 43.2 Å². The minimum atomic E-state index is -0.0549. The molecule has 0 spiro atoms. The molecule has 0 aliphatic carbocycles. The van der Waals surface area contributed by atoms with Crippen molar-refractivity contribution in [1.29, 1.82) is 0 Å². The van der Waals surface area contributed by atoms with Crippen LogP contribution < -0.4 is 9.47 Å². The summed E-state index contributed by atoms with van der Waals surface area (Å²) in [5, 5.41) is 0. The maximum Gasteiger partial charge on any atom is 0.258 e. The molecule has 0 aliphatic rings. The summed E-state index contributed by atoms with van der Waals surface area (Å²) >= 11 is 0. The fourth-order valence-corrected chi connectivity index (χ4v) is 2.86. The van der Waals surface area contributed by atoms with E-state index in [0.717, 1.165) is 12.0 Å². The van der Waals surface area contributed by atoms with Crippen LogP contribution in [0.3, 0.4) is 0 Å². The third kappa shape index (κ3) is 3.67. The molecule has 0 radical (unpaired) electrons. The van der Waals surface area contributed by atoms with Crippen molar-refractivity contribution >= 4 is 5.91 Å². The second-order valence-electron chi connectivity index (χ2n) is 5.36. The number of pyridine rings is 1. The van der Waals surface area contributed by atoms with Gasteiger partial charge in [-0.25, -0.2) is 0 Å². The van der Waals surface area contributed by atoms with Crippen molar-refractivity contribution in [2.45, 2.75) is 26.3 Å². The average Bonchev–Trinajstić information content (AvgIpc) is 2.65. The van der Waals surface area contributed by atoms with Crippen molar-refractivity contribution in [3.8, 4) is 11.5 Å². The van der Waals surface area contributed by atoms with Crippen molar-refractivity contribution in [3.05, 3.63) is 53.9 Å². The Bertz CT molecular complexity index is 674. The highest BCUT2D eigenvalue weighted by Gasteiger charge is 2.26. The first-order chi connectivity index (χ1) is 11.7. The number of benzene rings is 1. The first-order valence-corrected chi connectivity index (χ1v) is 8.09. The molecular weight excluding hydrogens is 304 g/mol. The maximum atomic E-state index is 13.1. The van der Waals surface area contributed by atoms with Crippen LogP contribution in [-0.4, -0.2) is 36.6 Å². The zero-order valence-electron chi connectivity index (χ0n) is 14.7. The SMILES string of the molecule is CC[C@H](c1ccncc1)N(CC)C(=O)c1ccc(OC)cc1OC. The quantitative estimate of drug-likeness (QED) is 0.777. The molecule has 1 amide bonds. The van der Waals surface area contributed by atoms with Crippen LogP contribution in [0.1, 0.15) is 42.2 Å². The van der Waals surface area contributed by atoms with Gasteiger partial charge in [0.05, 0.1) is 25.8 Å². The van der Waals surface area contributed by atoms with Crippen LogP contribution >= 0.6 is 0 Å². The number of carbonyl (C=O) groups is 1. The van der Waals surface area contributed by atoms with Crippen LogP contribution in [0.25, 0.3) is 0 Å². The molecule has 0 unspecified atom stereocenters. The average molecular weight is 328 g/mol. The molecule has 5 heteroatoms. The molecule has 24 heavy (non-hydrogen) atoms. The molecule has 0 N–H and O–H groups in total. The minimum absolute atomic E-state index is 0.00249. The van der Waals surface area contributed by atoms with Gasteiger partial charge in [-0.1, -0.05) is 6.92 Å². The molecule has 5 nitrogen and oxygen atoms in total. The van der Waals surface area contributed by atoms with Gasteiger partial charge in [0, 0.05) is 25.0 Å². The number of aromatic nitrogens is 1. The summed E-state index contributed by atoms with van der Waals surface area (Å²) in [4.78, 5) is 19.0. The van der Waals surface area contributed by atoms with Crippen LogP contribution in [0, 0.1) is 0 Å². The lowest BCUT2D eigenvalue weighted by Gasteiger charge is -2.31. The number of rotatable bonds is 7. The Hall–Kier alpha value is -2.56. The van der Waals surface area contributed by atoms with E-state index in [1.54, 1.807) is 44.8 Å². The lowest BCUT2D eigenvalue weighted by molar-refractivity contribution is 0.0679. The summed E-state index contributed by atoms with van der Waals surface area (Å²) in [7, 11) is 3.15. The van der Waals surface area contributed by atoms with Crippen molar-refractivity contribution < 1.29 is 14.3 Å². The molecule has 1 heterocycles. The Balaban J connectivity index is 2.38. The van der Waals surface area contributed by atoms with E-state index < -0.39 is 0 Å². The number of amides is 1. The Morgan fingerprint density at radius 3 is 2.38 bits per heavy atom. The van der Waals surface area contributed by atoms with E-state index >= 15 is 0 Å². The lowest BCUT2D eigenvalue weighted by Crippen LogP contribution is -2.34. The summed E-state index contributed by atoms with van der Waals surface area (Å²) < 4.78 is 10.6. The van der Waals surface area contributed by atoms with Crippen LogP contribution in [0.15, 0.2) is 42.7 Å². The van der Waals surface area contributed by atoms with Crippen molar-refractivity contribution in [3.63, 3.8) is 0 Å². The van der Waals surface area contributed by atoms with Crippen molar-refractivity contribution in [1.82, 2.24) is 9.88 Å². The second-order valence-corrected chi connectivity index (χ2v) is 5.36. The van der Waals surface area contributed by atoms with Crippen molar-refractivity contribution in [2.24, 2.45) is 0 Å². The molecule has 0 saturated carbocycles. The highest BCUT2D eigenvalue weighted by Crippen LogP contribution is 2.30. The number of methoxy groups -OCH3 is 2. The zero-order valence-corrected chi connectivity index (χ0v) is 14.7. The highest BCUT2D eigenvalue weighted by atomic mass is 16.5. The smallest absolute Gasteiger partial charge is 0.258 e. The van der Waals surface area contributed by atoms with Crippen LogP contribution in [0.2, 0.25) is 0 Å². The summed E-state index contributed by atoms with van der Waals surface area (Å²) in [6.45, 7) is 4.67. The van der Waals surface area contributed by atoms with E-state index in [0.29, 0.717) is 23.6 Å². The molecule has 0 saturated heterocycles. The molecule has 0 bridgehead atoms. The number of hydrogen-bond donors (Lipinski definition) is 0. The third-order valence-electron chi connectivity index (χ3n) is 4.09. The summed E-state index contributed by atoms with van der Waals surface area (Å²) in [5.74, 6) is 1.12. The van der Waals surface area contributed by atoms with Gasteiger partial charge in [0.2, 0.25) is 0 Å². The molecule has 0 aliphatic heterocycles. The summed E-state index contributed by atoms with van der Waals surface area (Å²) in [5.41, 5.74) is 1.61. The van der Waals surface area contributed by atoms with E-state index in [4.69, 9.17) is 9.47 Å². The van der Waals surface area contributed by atoms with Crippen LogP contribution in [-0.2, 0) is 0 Å². The van der Waals surface area contributed by atoms with E-state index in [-0.39, 0.29) is 11.9 Å². The van der Waals surface area contributed by atoms with Gasteiger partial charge in [0.25, 0.3) is 5.91 Å². The zero-order chi connectivity index (χ0) is 17.5. The van der Waals surface area contributed by atoms with Gasteiger partial charge in [0.15, 0.2) is 0 Å². The van der Waals surface area contributed by atoms with E-state index in [1.165, 1.54) is 0 Å². The molecule has 1 aromatic carbocycles. The van der Waals surface area contributed by atoms with Gasteiger partial charge in [-0.3, -0.25) is 9.78 Å². The van der Waals surface area contributed by atoms with Crippen molar-refractivity contribution in [2.75, 3.05) is 20.8 Å². The van der Waals surface area contributed by atoms with E-state index in [2.05, 4.69) is 11.9 Å². The molecule has 1 aromatic heterocycles. The van der Waals surface area contributed by atoms with Gasteiger partial charge in [-0.15, -0.1) is 0 Å². The largest absolute Gasteiger partial charge is 0.497 e. The Labute approximate surface area is 143 Å². The molecule has 128 valence electrons. The Kier molecular flexibility index (Phi) is 6.18. The van der Waals surface area contributed by atoms with Gasteiger partial charge < -0.3 is 14.4 Å². The molecule has 2 rings (SSSR count). The summed E-state index contributed by atoms with van der Waals surface area (Å²) in [6, 6.07) is 9.16. The highest BCUT2D eigenvalue weighted by molar-refractivity contribution is 5.97. The van der Waals surface area contributed by atoms with E-state index in [9.17, 15) is 4.79 Å². The molecular formula is C19H24N2O3. The second kappa shape index (κ2) is 8.34. The molecule has 1 atom stereocenters. The maximum absolute atomic E-state index is 13.1. The van der Waals surface area contributed by atoms with Crippen LogP contribution in [0.5, 0.6) is 11.5 Å². The number of hydrogen-bond acceptors (Lipinski definition) is 4. The fourth-order valence-electron chi connectivity index (χ4n) is 2.86. The first kappa shape index (κ1) is 17.8.